The minimum absolute atomic E-state index is 0.416. The molecule has 0 aliphatic rings. The smallest absolute Gasteiger partial charge is 0.119 e. The fourth-order valence-corrected chi connectivity index (χ4v) is 2.97. The fourth-order valence-electron chi connectivity index (χ4n) is 1.95. The summed E-state index contributed by atoms with van der Waals surface area (Å²) in [6.45, 7) is 3.84. The van der Waals surface area contributed by atoms with Crippen LogP contribution in [0.15, 0.2) is 24.3 Å². The lowest BCUT2D eigenvalue weighted by atomic mass is 10.2. The van der Waals surface area contributed by atoms with Crippen molar-refractivity contribution in [3.8, 4) is 5.75 Å². The van der Waals surface area contributed by atoms with Crippen LogP contribution < -0.4 is 10.5 Å². The van der Waals surface area contributed by atoms with Crippen LogP contribution in [-0.2, 0) is 0 Å². The van der Waals surface area contributed by atoms with E-state index in [4.69, 9.17) is 22.7 Å². The van der Waals surface area contributed by atoms with E-state index in [1.165, 1.54) is 6.42 Å². The van der Waals surface area contributed by atoms with E-state index in [9.17, 15) is 0 Å². The van der Waals surface area contributed by atoms with Gasteiger partial charge in [-0.2, -0.15) is 11.8 Å². The normalized spacial score (nSPS) is 12.4. The highest BCUT2D eigenvalue weighted by atomic mass is 32.2. The van der Waals surface area contributed by atoms with Crippen molar-refractivity contribution >= 4 is 29.0 Å². The summed E-state index contributed by atoms with van der Waals surface area (Å²) in [5, 5.41) is 0. The van der Waals surface area contributed by atoms with Gasteiger partial charge in [-0.3, -0.25) is 4.90 Å². The van der Waals surface area contributed by atoms with Gasteiger partial charge >= 0.3 is 0 Å². The van der Waals surface area contributed by atoms with E-state index in [-0.39, 0.29) is 0 Å². The maximum absolute atomic E-state index is 5.75. The molecule has 0 heterocycles. The molecule has 0 bridgehead atoms. The Morgan fingerprint density at radius 1 is 1.40 bits per heavy atom. The molecule has 1 aromatic carbocycles. The van der Waals surface area contributed by atoms with Crippen LogP contribution in [0.25, 0.3) is 0 Å². The minimum atomic E-state index is 0.416. The van der Waals surface area contributed by atoms with Crippen molar-refractivity contribution in [2.24, 2.45) is 5.73 Å². The first-order valence-corrected chi connectivity index (χ1v) is 8.60. The molecule has 0 radical (unpaired) electrons. The molecular formula is C15H24N2OS2. The van der Waals surface area contributed by atoms with E-state index >= 15 is 0 Å². The molecule has 1 aromatic rings. The zero-order chi connectivity index (χ0) is 15.0. The maximum atomic E-state index is 5.75. The van der Waals surface area contributed by atoms with Gasteiger partial charge in [0.1, 0.15) is 17.3 Å². The Morgan fingerprint density at radius 3 is 2.55 bits per heavy atom. The molecule has 1 atom stereocenters. The predicted octanol–water partition coefficient (Wildman–Crippen LogP) is 2.77. The average Bonchev–Trinajstić information content (AvgIpc) is 2.45. The van der Waals surface area contributed by atoms with Gasteiger partial charge in [-0.15, -0.1) is 0 Å². The van der Waals surface area contributed by atoms with Crippen molar-refractivity contribution in [3.63, 3.8) is 0 Å². The minimum Gasteiger partial charge on any atom is -0.492 e. The number of benzene rings is 1. The van der Waals surface area contributed by atoms with Gasteiger partial charge in [0.2, 0.25) is 0 Å². The van der Waals surface area contributed by atoms with Crippen LogP contribution in [0.1, 0.15) is 18.9 Å². The Kier molecular flexibility index (Phi) is 7.95. The molecule has 0 saturated carbocycles. The molecular weight excluding hydrogens is 288 g/mol. The summed E-state index contributed by atoms with van der Waals surface area (Å²) >= 11 is 6.81. The van der Waals surface area contributed by atoms with Crippen molar-refractivity contribution < 1.29 is 4.74 Å². The third-order valence-corrected chi connectivity index (χ3v) is 4.26. The van der Waals surface area contributed by atoms with Gasteiger partial charge in [0.15, 0.2) is 0 Å². The van der Waals surface area contributed by atoms with Gasteiger partial charge in [0.05, 0.1) is 0 Å². The zero-order valence-corrected chi connectivity index (χ0v) is 14.1. The lowest BCUT2D eigenvalue weighted by molar-refractivity contribution is 0.199. The van der Waals surface area contributed by atoms with Gasteiger partial charge in [0, 0.05) is 23.9 Å². The lowest BCUT2D eigenvalue weighted by Gasteiger charge is -2.26. The van der Waals surface area contributed by atoms with Crippen LogP contribution in [0.5, 0.6) is 5.75 Å². The van der Waals surface area contributed by atoms with Crippen molar-refractivity contribution in [2.75, 3.05) is 32.2 Å². The maximum Gasteiger partial charge on any atom is 0.119 e. The number of ether oxygens (including phenoxy) is 1. The van der Waals surface area contributed by atoms with E-state index < -0.39 is 0 Å². The van der Waals surface area contributed by atoms with Crippen LogP contribution in [-0.4, -0.2) is 48.1 Å². The third-order valence-electron chi connectivity index (χ3n) is 3.31. The summed E-state index contributed by atoms with van der Waals surface area (Å²) in [7, 11) is 2.16. The van der Waals surface area contributed by atoms with Gasteiger partial charge < -0.3 is 10.5 Å². The number of thioether (sulfide) groups is 1. The first-order chi connectivity index (χ1) is 9.58. The first kappa shape index (κ1) is 17.3. The number of likely N-dealkylation sites (N-methyl/N-ethyl adjacent to an activating group) is 1. The zero-order valence-electron chi connectivity index (χ0n) is 12.5. The summed E-state index contributed by atoms with van der Waals surface area (Å²) in [5.74, 6) is 2.02. The Bertz CT molecular complexity index is 409. The number of nitrogens with zero attached hydrogens (tertiary/aromatic N) is 1. The van der Waals surface area contributed by atoms with Crippen LogP contribution >= 0.6 is 24.0 Å². The van der Waals surface area contributed by atoms with E-state index in [1.54, 1.807) is 0 Å². The summed E-state index contributed by atoms with van der Waals surface area (Å²) in [6.07, 6.45) is 3.32. The molecule has 5 heteroatoms. The summed E-state index contributed by atoms with van der Waals surface area (Å²) in [4.78, 5) is 2.78. The monoisotopic (exact) mass is 312 g/mol. The van der Waals surface area contributed by atoms with Crippen molar-refractivity contribution in [2.45, 2.75) is 19.4 Å². The summed E-state index contributed by atoms with van der Waals surface area (Å²) in [5.41, 5.74) is 6.43. The fraction of sp³-hybridized carbons (Fsp3) is 0.533. The molecule has 112 valence electrons. The van der Waals surface area contributed by atoms with Gasteiger partial charge in [-0.05, 0) is 44.0 Å². The van der Waals surface area contributed by atoms with Crippen molar-refractivity contribution in [1.29, 1.82) is 0 Å². The molecule has 0 spiro atoms. The molecule has 0 aromatic heterocycles. The van der Waals surface area contributed by atoms with E-state index in [1.807, 2.05) is 36.0 Å². The van der Waals surface area contributed by atoms with Crippen molar-refractivity contribution in [1.82, 2.24) is 4.90 Å². The first-order valence-electron chi connectivity index (χ1n) is 6.80. The number of nitrogens with two attached hydrogens (primary N) is 1. The van der Waals surface area contributed by atoms with Gasteiger partial charge in [-0.1, -0.05) is 19.1 Å². The summed E-state index contributed by atoms with van der Waals surface area (Å²) < 4.78 is 5.75. The second kappa shape index (κ2) is 9.21. The Hall–Kier alpha value is -0.780. The number of hydrogen-bond acceptors (Lipinski definition) is 4. The van der Waals surface area contributed by atoms with Gasteiger partial charge in [-0.25, -0.2) is 0 Å². The molecule has 1 rings (SSSR count). The van der Waals surface area contributed by atoms with Crippen LogP contribution in [0.3, 0.4) is 0 Å². The van der Waals surface area contributed by atoms with Crippen molar-refractivity contribution in [3.05, 3.63) is 29.8 Å². The summed E-state index contributed by atoms with van der Waals surface area (Å²) in [6, 6.07) is 8.22. The van der Waals surface area contributed by atoms with E-state index in [0.717, 1.165) is 23.6 Å². The molecule has 0 aliphatic carbocycles. The average molecular weight is 313 g/mol. The largest absolute Gasteiger partial charge is 0.492 e. The Labute approximate surface area is 131 Å². The lowest BCUT2D eigenvalue weighted by Crippen LogP contribution is -2.36. The Balaban J connectivity index is 2.38. The SMILES string of the molecule is CCC(CSC)N(C)CCOc1ccc(C(N)=S)cc1. The van der Waals surface area contributed by atoms with Crippen LogP contribution in [0.4, 0.5) is 0 Å². The molecule has 3 nitrogen and oxygen atoms in total. The Morgan fingerprint density at radius 2 is 2.05 bits per heavy atom. The highest BCUT2D eigenvalue weighted by Gasteiger charge is 2.11. The topological polar surface area (TPSA) is 38.5 Å². The number of rotatable bonds is 9. The molecule has 0 saturated heterocycles. The molecule has 20 heavy (non-hydrogen) atoms. The van der Waals surface area contributed by atoms with Crippen LogP contribution in [0.2, 0.25) is 0 Å². The molecule has 0 fully saturated rings. The predicted molar refractivity (Wildman–Crippen MR) is 92.9 cm³/mol. The quantitative estimate of drug-likeness (QED) is 0.710. The molecule has 2 N–H and O–H groups in total. The second-order valence-electron chi connectivity index (χ2n) is 4.74. The second-order valence-corrected chi connectivity index (χ2v) is 6.09. The number of hydrogen-bond donors (Lipinski definition) is 1. The highest BCUT2D eigenvalue weighted by molar-refractivity contribution is 7.98. The van der Waals surface area contributed by atoms with E-state index in [0.29, 0.717) is 17.6 Å². The standard InChI is InChI=1S/C15H24N2OS2/c1-4-13(11-20-3)17(2)9-10-18-14-7-5-12(6-8-14)15(16)19/h5-8,13H,4,9-11H2,1-3H3,(H2,16,19). The molecule has 0 aliphatic heterocycles. The molecule has 0 amide bonds. The number of thiocarbonyl (C=S) groups is 1. The van der Waals surface area contributed by atoms with Gasteiger partial charge in [0.25, 0.3) is 0 Å². The van der Waals surface area contributed by atoms with E-state index in [2.05, 4.69) is 25.1 Å². The highest BCUT2D eigenvalue weighted by Crippen LogP contribution is 2.13. The molecule has 1 unspecified atom stereocenters. The third kappa shape index (κ3) is 5.69. The van der Waals surface area contributed by atoms with Crippen LogP contribution in [0, 0.1) is 0 Å².